The number of aromatic nitrogens is 2. The first kappa shape index (κ1) is 17.7. The molecule has 1 heterocycles. The smallest absolute Gasteiger partial charge is 0.345 e. The van der Waals surface area contributed by atoms with Gasteiger partial charge in [0, 0.05) is 11.8 Å². The summed E-state index contributed by atoms with van der Waals surface area (Å²) in [6, 6.07) is 7.50. The van der Waals surface area contributed by atoms with E-state index in [1.807, 2.05) is 24.3 Å². The van der Waals surface area contributed by atoms with Crippen molar-refractivity contribution in [2.75, 3.05) is 20.3 Å². The van der Waals surface area contributed by atoms with E-state index in [-0.39, 0.29) is 18.1 Å². The molecule has 0 N–H and O–H groups in total. The normalized spacial score (nSPS) is 10.3. The van der Waals surface area contributed by atoms with Gasteiger partial charge in [0.1, 0.15) is 11.3 Å². The quantitative estimate of drug-likeness (QED) is 0.545. The monoisotopic (exact) mass is 330 g/mol. The lowest BCUT2D eigenvalue weighted by molar-refractivity contribution is 0.0521. The van der Waals surface area contributed by atoms with Crippen LogP contribution in [0.2, 0.25) is 0 Å². The van der Waals surface area contributed by atoms with Crippen LogP contribution < -0.4 is 9.47 Å². The molecule has 0 saturated carbocycles. The van der Waals surface area contributed by atoms with Crippen LogP contribution >= 0.6 is 0 Å². The number of nitrogens with zero attached hydrogens (tertiary/aromatic N) is 2. The summed E-state index contributed by atoms with van der Waals surface area (Å²) in [5, 5.41) is 0. The largest absolute Gasteiger partial charge is 0.494 e. The molecule has 2 aromatic rings. The molecule has 24 heavy (non-hydrogen) atoms. The zero-order valence-electron chi connectivity index (χ0n) is 14.2. The van der Waals surface area contributed by atoms with E-state index in [1.54, 1.807) is 6.92 Å². The Kier molecular flexibility index (Phi) is 6.54. The van der Waals surface area contributed by atoms with Crippen molar-refractivity contribution in [1.82, 2.24) is 9.97 Å². The first-order chi connectivity index (χ1) is 11.7. The third-order valence-electron chi connectivity index (χ3n) is 3.32. The Bertz CT molecular complexity index is 671. The molecule has 6 nitrogen and oxygen atoms in total. The molecule has 0 aliphatic heterocycles. The predicted molar refractivity (Wildman–Crippen MR) is 90.4 cm³/mol. The van der Waals surface area contributed by atoms with Gasteiger partial charge in [-0.1, -0.05) is 13.3 Å². The second-order valence-corrected chi connectivity index (χ2v) is 5.06. The van der Waals surface area contributed by atoms with Crippen LogP contribution in [0.5, 0.6) is 11.6 Å². The highest BCUT2D eigenvalue weighted by molar-refractivity contribution is 5.91. The van der Waals surface area contributed by atoms with Crippen molar-refractivity contribution in [1.29, 1.82) is 0 Å². The van der Waals surface area contributed by atoms with Crippen LogP contribution in [-0.4, -0.2) is 36.3 Å². The van der Waals surface area contributed by atoms with Crippen LogP contribution in [0.1, 0.15) is 37.0 Å². The van der Waals surface area contributed by atoms with Crippen molar-refractivity contribution >= 4 is 5.97 Å². The van der Waals surface area contributed by atoms with Crippen molar-refractivity contribution in [3.8, 4) is 23.0 Å². The minimum atomic E-state index is -0.499. The summed E-state index contributed by atoms with van der Waals surface area (Å²) in [5.41, 5.74) is 1.02. The number of hydrogen-bond acceptors (Lipinski definition) is 6. The van der Waals surface area contributed by atoms with E-state index in [1.165, 1.54) is 13.3 Å². The van der Waals surface area contributed by atoms with Gasteiger partial charge < -0.3 is 14.2 Å². The highest BCUT2D eigenvalue weighted by atomic mass is 16.5. The second kappa shape index (κ2) is 8.86. The molecule has 0 spiro atoms. The van der Waals surface area contributed by atoms with Crippen molar-refractivity contribution in [3.63, 3.8) is 0 Å². The molecule has 0 amide bonds. The van der Waals surface area contributed by atoms with E-state index in [0.29, 0.717) is 12.4 Å². The maximum Gasteiger partial charge on any atom is 0.345 e. The Morgan fingerprint density at radius 1 is 1.17 bits per heavy atom. The SMILES string of the molecule is CCCCOc1ccc(-c2ncc(C(=O)OCC)c(OC)n2)cc1. The number of benzene rings is 1. The van der Waals surface area contributed by atoms with E-state index in [4.69, 9.17) is 14.2 Å². The number of rotatable bonds is 8. The average Bonchev–Trinajstić information content (AvgIpc) is 2.62. The van der Waals surface area contributed by atoms with Crippen LogP contribution in [-0.2, 0) is 4.74 Å². The summed E-state index contributed by atoms with van der Waals surface area (Å²) in [4.78, 5) is 20.4. The summed E-state index contributed by atoms with van der Waals surface area (Å²) in [7, 11) is 1.46. The summed E-state index contributed by atoms with van der Waals surface area (Å²) < 4.78 is 15.8. The Morgan fingerprint density at radius 3 is 2.54 bits per heavy atom. The number of methoxy groups -OCH3 is 1. The number of carbonyl (C=O) groups excluding carboxylic acids is 1. The van der Waals surface area contributed by atoms with Gasteiger partial charge in [-0.2, -0.15) is 4.98 Å². The number of esters is 1. The van der Waals surface area contributed by atoms with Gasteiger partial charge in [-0.05, 0) is 37.6 Å². The molecule has 128 valence electrons. The minimum absolute atomic E-state index is 0.196. The van der Waals surface area contributed by atoms with Gasteiger partial charge in [-0.15, -0.1) is 0 Å². The van der Waals surface area contributed by atoms with Gasteiger partial charge in [0.15, 0.2) is 5.82 Å². The minimum Gasteiger partial charge on any atom is -0.494 e. The van der Waals surface area contributed by atoms with E-state index in [2.05, 4.69) is 16.9 Å². The molecule has 0 fully saturated rings. The molecule has 0 aliphatic carbocycles. The number of ether oxygens (including phenoxy) is 3. The standard InChI is InChI=1S/C18H22N2O4/c1-4-6-11-24-14-9-7-13(8-10-14)16-19-12-15(17(20-16)22-3)18(21)23-5-2/h7-10,12H,4-6,11H2,1-3H3. The van der Waals surface area contributed by atoms with Crippen molar-refractivity contribution in [2.24, 2.45) is 0 Å². The molecule has 2 rings (SSSR count). The fourth-order valence-electron chi connectivity index (χ4n) is 2.04. The third-order valence-corrected chi connectivity index (χ3v) is 3.32. The number of unbranched alkanes of at least 4 members (excludes halogenated alkanes) is 1. The molecular formula is C18H22N2O4. The maximum absolute atomic E-state index is 11.8. The zero-order chi connectivity index (χ0) is 17.4. The molecule has 6 heteroatoms. The Balaban J connectivity index is 2.18. The van der Waals surface area contributed by atoms with Gasteiger partial charge in [-0.25, -0.2) is 9.78 Å². The molecule has 0 bridgehead atoms. The van der Waals surface area contributed by atoms with E-state index in [9.17, 15) is 4.79 Å². The van der Waals surface area contributed by atoms with Crippen molar-refractivity contribution in [3.05, 3.63) is 36.0 Å². The lowest BCUT2D eigenvalue weighted by atomic mass is 10.2. The average molecular weight is 330 g/mol. The fourth-order valence-corrected chi connectivity index (χ4v) is 2.04. The highest BCUT2D eigenvalue weighted by Crippen LogP contribution is 2.23. The van der Waals surface area contributed by atoms with Gasteiger partial charge >= 0.3 is 5.97 Å². The van der Waals surface area contributed by atoms with Crippen LogP contribution in [0.25, 0.3) is 11.4 Å². The van der Waals surface area contributed by atoms with Crippen LogP contribution in [0.4, 0.5) is 0 Å². The number of carbonyl (C=O) groups is 1. The Hall–Kier alpha value is -2.63. The van der Waals surface area contributed by atoms with Gasteiger partial charge in [0.05, 0.1) is 20.3 Å². The predicted octanol–water partition coefficient (Wildman–Crippen LogP) is 3.51. The highest BCUT2D eigenvalue weighted by Gasteiger charge is 2.17. The first-order valence-electron chi connectivity index (χ1n) is 8.01. The molecule has 0 saturated heterocycles. The van der Waals surface area contributed by atoms with Gasteiger partial charge in [-0.3, -0.25) is 0 Å². The van der Waals surface area contributed by atoms with Crippen molar-refractivity contribution < 1.29 is 19.0 Å². The molecule has 0 unspecified atom stereocenters. The molecule has 0 atom stereocenters. The van der Waals surface area contributed by atoms with Crippen LogP contribution in [0.3, 0.4) is 0 Å². The number of hydrogen-bond donors (Lipinski definition) is 0. The Morgan fingerprint density at radius 2 is 1.92 bits per heavy atom. The lowest BCUT2D eigenvalue weighted by Gasteiger charge is -2.09. The molecule has 0 radical (unpaired) electrons. The first-order valence-corrected chi connectivity index (χ1v) is 8.01. The molecule has 1 aromatic carbocycles. The van der Waals surface area contributed by atoms with Crippen LogP contribution in [0.15, 0.2) is 30.5 Å². The molecular weight excluding hydrogens is 308 g/mol. The van der Waals surface area contributed by atoms with Crippen molar-refractivity contribution in [2.45, 2.75) is 26.7 Å². The summed E-state index contributed by atoms with van der Waals surface area (Å²) in [6.07, 6.45) is 3.54. The topological polar surface area (TPSA) is 70.5 Å². The third kappa shape index (κ3) is 4.44. The molecule has 1 aromatic heterocycles. The summed E-state index contributed by atoms with van der Waals surface area (Å²) in [5.74, 6) is 0.976. The summed E-state index contributed by atoms with van der Waals surface area (Å²) >= 11 is 0. The van der Waals surface area contributed by atoms with Gasteiger partial charge in [0.25, 0.3) is 0 Å². The Labute approximate surface area is 141 Å². The zero-order valence-corrected chi connectivity index (χ0v) is 14.2. The maximum atomic E-state index is 11.8. The van der Waals surface area contributed by atoms with E-state index in [0.717, 1.165) is 24.2 Å². The molecule has 0 aliphatic rings. The van der Waals surface area contributed by atoms with Crippen LogP contribution in [0, 0.1) is 0 Å². The summed E-state index contributed by atoms with van der Waals surface area (Å²) in [6.45, 7) is 4.85. The van der Waals surface area contributed by atoms with Gasteiger partial charge in [0.2, 0.25) is 5.88 Å². The lowest BCUT2D eigenvalue weighted by Crippen LogP contribution is -2.09. The fraction of sp³-hybridized carbons (Fsp3) is 0.389. The van der Waals surface area contributed by atoms with E-state index >= 15 is 0 Å². The van der Waals surface area contributed by atoms with E-state index < -0.39 is 5.97 Å². The second-order valence-electron chi connectivity index (χ2n) is 5.06.